The van der Waals surface area contributed by atoms with Gasteiger partial charge in [0.15, 0.2) is 17.7 Å². The topological polar surface area (TPSA) is 80.7 Å². The molecule has 1 saturated heterocycles. The second-order valence-corrected chi connectivity index (χ2v) is 6.51. The van der Waals surface area contributed by atoms with Crippen molar-refractivity contribution in [3.8, 4) is 5.75 Å². The highest BCUT2D eigenvalue weighted by atomic mass is 19.3. The van der Waals surface area contributed by atoms with Crippen LogP contribution in [-0.2, 0) is 9.53 Å². The van der Waals surface area contributed by atoms with Crippen molar-refractivity contribution in [2.75, 3.05) is 12.4 Å². The van der Waals surface area contributed by atoms with E-state index in [1.807, 2.05) is 6.92 Å². The Bertz CT molecular complexity index is 853. The minimum atomic E-state index is -2.92. The van der Waals surface area contributed by atoms with Crippen LogP contribution in [0.2, 0.25) is 0 Å². The van der Waals surface area contributed by atoms with Crippen LogP contribution in [0.15, 0.2) is 36.5 Å². The van der Waals surface area contributed by atoms with Crippen molar-refractivity contribution in [2.24, 2.45) is 0 Å². The van der Waals surface area contributed by atoms with Gasteiger partial charge in [-0.05, 0) is 44.0 Å². The molecule has 1 aliphatic rings. The molecule has 0 spiro atoms. The van der Waals surface area contributed by atoms with E-state index in [-0.39, 0.29) is 23.5 Å². The fraction of sp³-hybridized carbons (Fsp3) is 0.400. The van der Waals surface area contributed by atoms with Gasteiger partial charge < -0.3 is 19.9 Å². The molecule has 3 atom stereocenters. The number of aliphatic hydroxyl groups is 1. The number of carbonyl (C=O) groups excluding carboxylic acids is 1. The molecule has 1 amide bonds. The minimum absolute atomic E-state index is 0.0411. The van der Waals surface area contributed by atoms with E-state index >= 15 is 0 Å². The zero-order chi connectivity index (χ0) is 22.3. The van der Waals surface area contributed by atoms with Crippen LogP contribution in [0.4, 0.5) is 23.2 Å². The molecule has 2 heterocycles. The van der Waals surface area contributed by atoms with Crippen molar-refractivity contribution in [3.63, 3.8) is 0 Å². The van der Waals surface area contributed by atoms with Gasteiger partial charge in [0.05, 0.1) is 18.9 Å². The van der Waals surface area contributed by atoms with E-state index in [4.69, 9.17) is 4.74 Å². The van der Waals surface area contributed by atoms with E-state index in [9.17, 15) is 27.5 Å². The molecule has 0 radical (unpaired) electrons. The smallest absolute Gasteiger partial charge is 0.269 e. The fourth-order valence-electron chi connectivity index (χ4n) is 2.68. The molecule has 3 unspecified atom stereocenters. The number of amides is 1. The predicted molar refractivity (Wildman–Crippen MR) is 100 cm³/mol. The standard InChI is InChI=1S/C13H16F2N2O3.C7H6F2O/c1-7-2-3-10(20-7)13(19)17-8-4-5-16-9(6-8)11(18)12(14)15;1-10-6-4-2-3-5(8)7(6)9/h4-7,10-12,18H,2-3H2,1H3,(H,16,17,19);2-4H,1H3. The normalized spacial score (nSPS) is 19.1. The van der Waals surface area contributed by atoms with E-state index in [1.54, 1.807) is 0 Å². The monoisotopic (exact) mass is 430 g/mol. The van der Waals surface area contributed by atoms with Gasteiger partial charge in [-0.1, -0.05) is 6.07 Å². The second kappa shape index (κ2) is 10.9. The second-order valence-electron chi connectivity index (χ2n) is 6.51. The molecular weight excluding hydrogens is 408 g/mol. The molecule has 1 fully saturated rings. The first-order valence-electron chi connectivity index (χ1n) is 9.09. The Kier molecular flexibility index (Phi) is 8.55. The zero-order valence-electron chi connectivity index (χ0n) is 16.3. The summed E-state index contributed by atoms with van der Waals surface area (Å²) >= 11 is 0. The van der Waals surface area contributed by atoms with Gasteiger partial charge in [0, 0.05) is 11.9 Å². The van der Waals surface area contributed by atoms with Crippen molar-refractivity contribution in [2.45, 2.75) is 44.5 Å². The number of pyridine rings is 1. The SMILES string of the molecule is CC1CCC(C(=O)Nc2ccnc(C(O)C(F)F)c2)O1.COc1cccc(F)c1F. The minimum Gasteiger partial charge on any atom is -0.494 e. The number of halogens is 4. The van der Waals surface area contributed by atoms with Crippen LogP contribution in [0.25, 0.3) is 0 Å². The summed E-state index contributed by atoms with van der Waals surface area (Å²) in [6, 6.07) is 6.48. The van der Waals surface area contributed by atoms with Crippen LogP contribution in [-0.4, -0.2) is 41.7 Å². The highest BCUT2D eigenvalue weighted by Gasteiger charge is 2.28. The van der Waals surface area contributed by atoms with Gasteiger partial charge in [-0.2, -0.15) is 4.39 Å². The van der Waals surface area contributed by atoms with E-state index in [0.717, 1.165) is 12.5 Å². The summed E-state index contributed by atoms with van der Waals surface area (Å²) in [5, 5.41) is 11.8. The van der Waals surface area contributed by atoms with Gasteiger partial charge in [-0.15, -0.1) is 0 Å². The molecule has 10 heteroatoms. The van der Waals surface area contributed by atoms with Crippen molar-refractivity contribution in [3.05, 3.63) is 53.9 Å². The third kappa shape index (κ3) is 6.39. The average Bonchev–Trinajstić information content (AvgIpc) is 3.16. The Morgan fingerprint density at radius 1 is 1.30 bits per heavy atom. The number of carbonyl (C=O) groups is 1. The predicted octanol–water partition coefficient (Wildman–Crippen LogP) is 3.86. The molecule has 0 saturated carbocycles. The van der Waals surface area contributed by atoms with Crippen LogP contribution in [0.3, 0.4) is 0 Å². The lowest BCUT2D eigenvalue weighted by atomic mass is 10.2. The fourth-order valence-corrected chi connectivity index (χ4v) is 2.68. The number of aliphatic hydroxyl groups excluding tert-OH is 1. The van der Waals surface area contributed by atoms with Crippen molar-refractivity contribution in [1.29, 1.82) is 0 Å². The summed E-state index contributed by atoms with van der Waals surface area (Å²) in [5.74, 6) is -2.22. The Labute approximate surface area is 170 Å². The maximum Gasteiger partial charge on any atom is 0.269 e. The largest absolute Gasteiger partial charge is 0.494 e. The number of benzene rings is 1. The Balaban J connectivity index is 0.000000269. The molecule has 1 aromatic heterocycles. The average molecular weight is 430 g/mol. The molecule has 1 aliphatic heterocycles. The number of nitrogens with one attached hydrogen (secondary N) is 1. The quantitative estimate of drug-likeness (QED) is 0.705. The number of nitrogens with zero attached hydrogens (tertiary/aromatic N) is 1. The molecule has 164 valence electrons. The molecule has 3 rings (SSSR count). The molecule has 0 aliphatic carbocycles. The Morgan fingerprint density at radius 3 is 2.60 bits per heavy atom. The molecule has 2 aromatic rings. The van der Waals surface area contributed by atoms with Crippen molar-refractivity contribution in [1.82, 2.24) is 4.98 Å². The van der Waals surface area contributed by atoms with Gasteiger partial charge >= 0.3 is 0 Å². The summed E-state index contributed by atoms with van der Waals surface area (Å²) in [7, 11) is 1.29. The van der Waals surface area contributed by atoms with E-state index in [0.29, 0.717) is 12.1 Å². The summed E-state index contributed by atoms with van der Waals surface area (Å²) in [4.78, 5) is 15.6. The van der Waals surface area contributed by atoms with Crippen LogP contribution in [0.5, 0.6) is 5.75 Å². The lowest BCUT2D eigenvalue weighted by Crippen LogP contribution is -2.27. The molecule has 1 aromatic carbocycles. The van der Waals surface area contributed by atoms with Crippen LogP contribution in [0.1, 0.15) is 31.6 Å². The highest BCUT2D eigenvalue weighted by molar-refractivity contribution is 5.94. The van der Waals surface area contributed by atoms with Gasteiger partial charge in [0.1, 0.15) is 6.10 Å². The third-order valence-electron chi connectivity index (χ3n) is 4.25. The van der Waals surface area contributed by atoms with E-state index in [1.165, 1.54) is 37.6 Å². The van der Waals surface area contributed by atoms with Crippen LogP contribution >= 0.6 is 0 Å². The first kappa shape index (κ1) is 23.6. The van der Waals surface area contributed by atoms with Crippen molar-refractivity contribution >= 4 is 11.6 Å². The zero-order valence-corrected chi connectivity index (χ0v) is 16.3. The first-order chi connectivity index (χ1) is 14.2. The number of rotatable bonds is 5. The van der Waals surface area contributed by atoms with Crippen LogP contribution < -0.4 is 10.1 Å². The van der Waals surface area contributed by atoms with Gasteiger partial charge in [0.25, 0.3) is 12.3 Å². The van der Waals surface area contributed by atoms with Crippen molar-refractivity contribution < 1.29 is 36.9 Å². The van der Waals surface area contributed by atoms with Gasteiger partial charge in [-0.25, -0.2) is 13.2 Å². The molecule has 6 nitrogen and oxygen atoms in total. The first-order valence-corrected chi connectivity index (χ1v) is 9.09. The number of ether oxygens (including phenoxy) is 2. The Morgan fingerprint density at radius 2 is 2.03 bits per heavy atom. The number of aromatic nitrogens is 1. The Hall–Kier alpha value is -2.72. The van der Waals surface area contributed by atoms with Gasteiger partial charge in [0.2, 0.25) is 5.82 Å². The lowest BCUT2D eigenvalue weighted by Gasteiger charge is -2.13. The summed E-state index contributed by atoms with van der Waals surface area (Å²) in [6.45, 7) is 1.89. The lowest BCUT2D eigenvalue weighted by molar-refractivity contribution is -0.126. The highest BCUT2D eigenvalue weighted by Crippen LogP contribution is 2.23. The number of hydrogen-bond acceptors (Lipinski definition) is 5. The number of hydrogen-bond donors (Lipinski definition) is 2. The van der Waals surface area contributed by atoms with E-state index in [2.05, 4.69) is 15.0 Å². The molecular formula is C20H22F4N2O4. The molecule has 0 bridgehead atoms. The third-order valence-corrected chi connectivity index (χ3v) is 4.25. The summed E-state index contributed by atoms with van der Waals surface area (Å²) < 4.78 is 59.5. The number of methoxy groups -OCH3 is 1. The molecule has 2 N–H and O–H groups in total. The van der Waals surface area contributed by atoms with E-state index < -0.39 is 30.3 Å². The summed E-state index contributed by atoms with van der Waals surface area (Å²) in [6.07, 6.45) is -2.67. The summed E-state index contributed by atoms with van der Waals surface area (Å²) in [5.41, 5.74) is 0.126. The van der Waals surface area contributed by atoms with Crippen LogP contribution in [0, 0.1) is 11.6 Å². The van der Waals surface area contributed by atoms with Gasteiger partial charge in [-0.3, -0.25) is 9.78 Å². The molecule has 30 heavy (non-hydrogen) atoms. The number of anilines is 1. The number of alkyl halides is 2. The maximum absolute atomic E-state index is 12.5. The maximum atomic E-state index is 12.5.